The molecule has 8 heteroatoms. The molecule has 2 unspecified atom stereocenters. The Balaban J connectivity index is 1.89. The predicted molar refractivity (Wildman–Crippen MR) is 85.4 cm³/mol. The van der Waals surface area contributed by atoms with Gasteiger partial charge >= 0.3 is 12.4 Å². The molecule has 1 amide bonds. The summed E-state index contributed by atoms with van der Waals surface area (Å²) in [6.45, 7) is 0. The molecule has 0 saturated carbocycles. The molecule has 0 bridgehead atoms. The topological polar surface area (TPSA) is 20.3 Å². The molecule has 0 N–H and O–H groups in total. The van der Waals surface area contributed by atoms with Gasteiger partial charge in [0.15, 0.2) is 0 Å². The van der Waals surface area contributed by atoms with Crippen LogP contribution < -0.4 is 4.90 Å². The van der Waals surface area contributed by atoms with Crippen LogP contribution in [0, 0.1) is 11.8 Å². The molecule has 1 aromatic carbocycles. The minimum absolute atomic E-state index is 0.0531. The molecule has 3 aliphatic rings. The molecule has 1 saturated heterocycles. The van der Waals surface area contributed by atoms with Gasteiger partial charge in [-0.2, -0.15) is 26.3 Å². The number of carbonyl (C=O) groups is 1. The molecule has 1 heterocycles. The van der Waals surface area contributed by atoms with Crippen molar-refractivity contribution in [1.82, 2.24) is 0 Å². The van der Waals surface area contributed by atoms with Crippen molar-refractivity contribution in [3.63, 3.8) is 0 Å². The molecular formula is C19H11F6NO. The van der Waals surface area contributed by atoms with Gasteiger partial charge in [0, 0.05) is 17.3 Å². The van der Waals surface area contributed by atoms with E-state index in [-0.39, 0.29) is 6.07 Å². The summed E-state index contributed by atoms with van der Waals surface area (Å²) in [5.74, 6) is -1.61. The third-order valence-electron chi connectivity index (χ3n) is 4.79. The van der Waals surface area contributed by atoms with E-state index in [4.69, 9.17) is 0 Å². The van der Waals surface area contributed by atoms with Gasteiger partial charge in [0.2, 0.25) is 5.91 Å². The van der Waals surface area contributed by atoms with Crippen LogP contribution >= 0.6 is 0 Å². The highest BCUT2D eigenvalue weighted by Gasteiger charge is 2.47. The number of carbonyl (C=O) groups excluding carboxylic acids is 1. The van der Waals surface area contributed by atoms with Gasteiger partial charge in [0.1, 0.15) is 0 Å². The third-order valence-corrected chi connectivity index (χ3v) is 4.79. The summed E-state index contributed by atoms with van der Waals surface area (Å²) in [6.07, 6.45) is 0.0444. The van der Waals surface area contributed by atoms with E-state index >= 15 is 0 Å². The summed E-state index contributed by atoms with van der Waals surface area (Å²) < 4.78 is 78.9. The Hall–Kier alpha value is -2.77. The molecule has 0 aromatic heterocycles. The lowest BCUT2D eigenvalue weighted by Crippen LogP contribution is -2.26. The van der Waals surface area contributed by atoms with Crippen LogP contribution in [-0.2, 0) is 17.1 Å². The lowest BCUT2D eigenvalue weighted by Gasteiger charge is -2.25. The molecule has 2 nitrogen and oxygen atoms in total. The van der Waals surface area contributed by atoms with Crippen LogP contribution in [0.1, 0.15) is 11.1 Å². The number of alkyl halides is 6. The van der Waals surface area contributed by atoms with Crippen LogP contribution in [0.15, 0.2) is 65.9 Å². The Labute approximate surface area is 149 Å². The largest absolute Gasteiger partial charge is 0.416 e. The Morgan fingerprint density at radius 2 is 1.48 bits per heavy atom. The Bertz CT molecular complexity index is 916. The summed E-state index contributed by atoms with van der Waals surface area (Å²) in [5.41, 5.74) is -2.18. The van der Waals surface area contributed by atoms with Crippen LogP contribution in [0.4, 0.5) is 32.0 Å². The fourth-order valence-corrected chi connectivity index (χ4v) is 3.64. The Kier molecular flexibility index (Phi) is 3.66. The number of benzene rings is 1. The number of amides is 1. The number of hydrogen-bond donors (Lipinski definition) is 0. The molecule has 2 atom stereocenters. The van der Waals surface area contributed by atoms with Crippen LogP contribution in [0.3, 0.4) is 0 Å². The summed E-state index contributed by atoms with van der Waals surface area (Å²) in [6, 6.07) is 1.21. The van der Waals surface area contributed by atoms with Crippen molar-refractivity contribution < 1.29 is 31.1 Å². The normalized spacial score (nSPS) is 24.1. The summed E-state index contributed by atoms with van der Waals surface area (Å²) >= 11 is 0. The van der Waals surface area contributed by atoms with Gasteiger partial charge in [-0.15, -0.1) is 0 Å². The minimum atomic E-state index is -4.97. The molecular weight excluding hydrogens is 372 g/mol. The van der Waals surface area contributed by atoms with Crippen molar-refractivity contribution in [2.24, 2.45) is 11.8 Å². The third kappa shape index (κ3) is 2.79. The van der Waals surface area contributed by atoms with Gasteiger partial charge in [-0.1, -0.05) is 30.4 Å². The molecule has 1 fully saturated rings. The van der Waals surface area contributed by atoms with Crippen molar-refractivity contribution in [1.29, 1.82) is 0 Å². The van der Waals surface area contributed by atoms with Gasteiger partial charge in [-0.25, -0.2) is 0 Å². The van der Waals surface area contributed by atoms with Crippen LogP contribution in [-0.4, -0.2) is 5.91 Å². The van der Waals surface area contributed by atoms with Crippen molar-refractivity contribution in [3.05, 3.63) is 77.1 Å². The van der Waals surface area contributed by atoms with Crippen molar-refractivity contribution >= 4 is 11.6 Å². The van der Waals surface area contributed by atoms with Gasteiger partial charge in [-0.05, 0) is 29.8 Å². The van der Waals surface area contributed by atoms with E-state index in [1.54, 1.807) is 36.5 Å². The second kappa shape index (κ2) is 5.61. The van der Waals surface area contributed by atoms with Crippen LogP contribution in [0.5, 0.6) is 0 Å². The summed E-state index contributed by atoms with van der Waals surface area (Å²) in [5, 5.41) is 0. The molecule has 0 spiro atoms. The first-order chi connectivity index (χ1) is 12.6. The monoisotopic (exact) mass is 383 g/mol. The van der Waals surface area contributed by atoms with E-state index in [9.17, 15) is 31.1 Å². The number of nitrogens with zero attached hydrogens (tertiary/aromatic N) is 1. The number of halogens is 6. The highest BCUT2D eigenvalue weighted by Crippen LogP contribution is 2.48. The number of rotatable bonds is 1. The lowest BCUT2D eigenvalue weighted by molar-refractivity contribution is -0.143. The first kappa shape index (κ1) is 17.6. The summed E-state index contributed by atoms with van der Waals surface area (Å²) in [4.78, 5) is 13.8. The SMILES string of the molecule is O=C1C2C=CC=C3C=CC=C(C32)N1c1cc(C(F)(F)F)cc(C(F)(F)F)c1. The van der Waals surface area contributed by atoms with E-state index in [0.717, 1.165) is 10.5 Å². The number of allylic oxidation sites excluding steroid dienone is 6. The zero-order valence-corrected chi connectivity index (χ0v) is 13.5. The average molecular weight is 383 g/mol. The average Bonchev–Trinajstić information content (AvgIpc) is 2.88. The molecule has 27 heavy (non-hydrogen) atoms. The first-order valence-corrected chi connectivity index (χ1v) is 7.97. The maximum atomic E-state index is 13.2. The summed E-state index contributed by atoms with van der Waals surface area (Å²) in [7, 11) is 0. The highest BCUT2D eigenvalue weighted by molar-refractivity contribution is 6.04. The molecule has 4 rings (SSSR count). The van der Waals surface area contributed by atoms with Gasteiger partial charge in [-0.3, -0.25) is 9.69 Å². The van der Waals surface area contributed by atoms with E-state index < -0.39 is 46.9 Å². The van der Waals surface area contributed by atoms with Gasteiger partial charge in [0.25, 0.3) is 0 Å². The first-order valence-electron chi connectivity index (χ1n) is 7.97. The predicted octanol–water partition coefficient (Wildman–Crippen LogP) is 5.25. The van der Waals surface area contributed by atoms with Crippen molar-refractivity contribution in [2.45, 2.75) is 12.4 Å². The van der Waals surface area contributed by atoms with Crippen LogP contribution in [0.2, 0.25) is 0 Å². The zero-order chi connectivity index (χ0) is 19.6. The Morgan fingerprint density at radius 3 is 2.07 bits per heavy atom. The zero-order valence-electron chi connectivity index (χ0n) is 13.5. The molecule has 1 aromatic rings. The lowest BCUT2D eigenvalue weighted by atomic mass is 9.80. The molecule has 1 aliphatic heterocycles. The maximum Gasteiger partial charge on any atom is 0.416 e. The van der Waals surface area contributed by atoms with E-state index in [0.29, 0.717) is 17.8 Å². The quantitative estimate of drug-likeness (QED) is 0.607. The molecule has 0 radical (unpaired) electrons. The fraction of sp³-hybridized carbons (Fsp3) is 0.211. The minimum Gasteiger partial charge on any atom is -0.284 e. The van der Waals surface area contributed by atoms with E-state index in [2.05, 4.69) is 0 Å². The van der Waals surface area contributed by atoms with Crippen LogP contribution in [0.25, 0.3) is 0 Å². The fourth-order valence-electron chi connectivity index (χ4n) is 3.64. The van der Waals surface area contributed by atoms with Gasteiger partial charge < -0.3 is 0 Å². The molecule has 140 valence electrons. The number of anilines is 1. The number of hydrogen-bond acceptors (Lipinski definition) is 1. The van der Waals surface area contributed by atoms with Gasteiger partial charge in [0.05, 0.1) is 17.0 Å². The van der Waals surface area contributed by atoms with E-state index in [1.807, 2.05) is 0 Å². The smallest absolute Gasteiger partial charge is 0.284 e. The maximum absolute atomic E-state index is 13.2. The second-order valence-corrected chi connectivity index (χ2v) is 6.44. The standard InChI is InChI=1S/C19H11F6NO/c20-18(21,22)11-7-12(19(23,24)25)9-13(8-11)26-15-6-2-4-10-3-1-5-14(16(10)15)17(26)27/h1-9,14,16H. The van der Waals surface area contributed by atoms with Crippen molar-refractivity contribution in [2.75, 3.05) is 4.90 Å². The Morgan fingerprint density at radius 1 is 0.852 bits per heavy atom. The van der Waals surface area contributed by atoms with Crippen molar-refractivity contribution in [3.8, 4) is 0 Å². The molecule has 2 aliphatic carbocycles. The highest BCUT2D eigenvalue weighted by atomic mass is 19.4. The van der Waals surface area contributed by atoms with E-state index in [1.165, 1.54) is 0 Å². The second-order valence-electron chi connectivity index (χ2n) is 6.44.